The minimum absolute atomic E-state index is 0.00433. The van der Waals surface area contributed by atoms with Crippen molar-refractivity contribution < 1.29 is 4.79 Å². The van der Waals surface area contributed by atoms with Crippen LogP contribution in [0.4, 0.5) is 0 Å². The number of piperidine rings is 1. The summed E-state index contributed by atoms with van der Waals surface area (Å²) in [6.45, 7) is 2.75. The number of rotatable bonds is 5. The summed E-state index contributed by atoms with van der Waals surface area (Å²) in [6, 6.07) is 12.0. The Balaban J connectivity index is 1.56. The molecule has 0 aliphatic carbocycles. The lowest BCUT2D eigenvalue weighted by Gasteiger charge is -2.23. The van der Waals surface area contributed by atoms with Gasteiger partial charge in [-0.15, -0.1) is 0 Å². The Kier molecular flexibility index (Phi) is 5.37. The Morgan fingerprint density at radius 3 is 2.91 bits per heavy atom. The zero-order chi connectivity index (χ0) is 15.9. The molecule has 1 aromatic carbocycles. The van der Waals surface area contributed by atoms with E-state index in [1.54, 1.807) is 12.4 Å². The molecular formula is C19H23N3O. The van der Waals surface area contributed by atoms with Gasteiger partial charge in [0.15, 0.2) is 0 Å². The molecule has 1 amide bonds. The van der Waals surface area contributed by atoms with Gasteiger partial charge in [0.25, 0.3) is 5.91 Å². The third kappa shape index (κ3) is 4.39. The van der Waals surface area contributed by atoms with Gasteiger partial charge >= 0.3 is 0 Å². The summed E-state index contributed by atoms with van der Waals surface area (Å²) in [6.07, 6.45) is 6.77. The summed E-state index contributed by atoms with van der Waals surface area (Å²) in [5.74, 6) is 0.526. The fraction of sp³-hybridized carbons (Fsp3) is 0.368. The molecule has 23 heavy (non-hydrogen) atoms. The van der Waals surface area contributed by atoms with E-state index in [-0.39, 0.29) is 5.91 Å². The molecule has 4 nitrogen and oxygen atoms in total. The number of benzene rings is 1. The van der Waals surface area contributed by atoms with E-state index >= 15 is 0 Å². The summed E-state index contributed by atoms with van der Waals surface area (Å²) >= 11 is 0. The quantitative estimate of drug-likeness (QED) is 0.892. The second kappa shape index (κ2) is 7.88. The van der Waals surface area contributed by atoms with Gasteiger partial charge in [0.2, 0.25) is 0 Å². The lowest BCUT2D eigenvalue weighted by Crippen LogP contribution is -2.29. The summed E-state index contributed by atoms with van der Waals surface area (Å²) < 4.78 is 0. The molecule has 0 radical (unpaired) electrons. The molecule has 0 bridgehead atoms. The number of hydrogen-bond acceptors (Lipinski definition) is 3. The first-order valence-corrected chi connectivity index (χ1v) is 8.31. The Morgan fingerprint density at radius 2 is 2.13 bits per heavy atom. The summed E-state index contributed by atoms with van der Waals surface area (Å²) in [4.78, 5) is 16.3. The number of hydrogen-bond donors (Lipinski definition) is 2. The van der Waals surface area contributed by atoms with Crippen molar-refractivity contribution in [3.8, 4) is 0 Å². The Labute approximate surface area is 137 Å². The third-order valence-corrected chi connectivity index (χ3v) is 4.37. The maximum Gasteiger partial charge on any atom is 0.251 e. The van der Waals surface area contributed by atoms with Crippen molar-refractivity contribution in [3.63, 3.8) is 0 Å². The van der Waals surface area contributed by atoms with Crippen LogP contribution in [-0.4, -0.2) is 30.5 Å². The van der Waals surface area contributed by atoms with Crippen LogP contribution < -0.4 is 10.6 Å². The molecule has 1 saturated heterocycles. The van der Waals surface area contributed by atoms with Crippen molar-refractivity contribution in [2.45, 2.75) is 25.2 Å². The van der Waals surface area contributed by atoms with E-state index in [9.17, 15) is 4.79 Å². The largest absolute Gasteiger partial charge is 0.352 e. The van der Waals surface area contributed by atoms with Crippen molar-refractivity contribution in [1.82, 2.24) is 15.6 Å². The Hall–Kier alpha value is -2.20. The van der Waals surface area contributed by atoms with Crippen LogP contribution in [0.1, 0.15) is 40.2 Å². The third-order valence-electron chi connectivity index (χ3n) is 4.37. The van der Waals surface area contributed by atoms with Crippen molar-refractivity contribution >= 4 is 5.91 Å². The highest BCUT2D eigenvalue weighted by Gasteiger charge is 2.16. The number of nitrogens with one attached hydrogen (secondary N) is 2. The molecule has 1 aliphatic heterocycles. The second-order valence-corrected chi connectivity index (χ2v) is 6.03. The topological polar surface area (TPSA) is 54.0 Å². The van der Waals surface area contributed by atoms with Gasteiger partial charge in [-0.3, -0.25) is 9.78 Å². The van der Waals surface area contributed by atoms with Gasteiger partial charge in [-0.2, -0.15) is 0 Å². The van der Waals surface area contributed by atoms with Crippen LogP contribution in [0.3, 0.4) is 0 Å². The molecule has 120 valence electrons. The number of carbonyl (C=O) groups excluding carboxylic acids is 1. The fourth-order valence-corrected chi connectivity index (χ4v) is 3.04. The number of nitrogens with zero attached hydrogens (tertiary/aromatic N) is 1. The van der Waals surface area contributed by atoms with Gasteiger partial charge < -0.3 is 10.6 Å². The molecule has 1 fully saturated rings. The van der Waals surface area contributed by atoms with Crippen molar-refractivity contribution in [2.75, 3.05) is 19.6 Å². The number of aromatic nitrogens is 1. The molecule has 1 atom stereocenters. The SMILES string of the molecule is O=C(NCCc1ccncc1)c1cccc(C2CCCNC2)c1. The number of amides is 1. The molecule has 4 heteroatoms. The van der Waals surface area contributed by atoms with Gasteiger partial charge in [-0.05, 0) is 67.1 Å². The van der Waals surface area contributed by atoms with Crippen LogP contribution in [0.5, 0.6) is 0 Å². The highest BCUT2D eigenvalue weighted by Crippen LogP contribution is 2.23. The Bertz CT molecular complexity index is 636. The predicted octanol–water partition coefficient (Wildman–Crippen LogP) is 2.52. The molecular weight excluding hydrogens is 286 g/mol. The molecule has 1 aliphatic rings. The summed E-state index contributed by atoms with van der Waals surface area (Å²) in [7, 11) is 0. The first-order valence-electron chi connectivity index (χ1n) is 8.31. The van der Waals surface area contributed by atoms with E-state index in [1.165, 1.54) is 24.0 Å². The maximum atomic E-state index is 12.3. The lowest BCUT2D eigenvalue weighted by molar-refractivity contribution is 0.0954. The molecule has 3 rings (SSSR count). The normalized spacial score (nSPS) is 17.7. The first-order chi connectivity index (χ1) is 11.3. The summed E-state index contributed by atoms with van der Waals surface area (Å²) in [5, 5.41) is 6.43. The zero-order valence-corrected chi connectivity index (χ0v) is 13.3. The zero-order valence-electron chi connectivity index (χ0n) is 13.3. The van der Waals surface area contributed by atoms with E-state index in [1.807, 2.05) is 30.3 Å². The molecule has 1 unspecified atom stereocenters. The molecule has 2 N–H and O–H groups in total. The molecule has 0 spiro atoms. The summed E-state index contributed by atoms with van der Waals surface area (Å²) in [5.41, 5.74) is 3.20. The average Bonchev–Trinajstić information content (AvgIpc) is 2.63. The molecule has 1 aromatic heterocycles. The van der Waals surface area contributed by atoms with Crippen LogP contribution in [0, 0.1) is 0 Å². The van der Waals surface area contributed by atoms with Gasteiger partial charge in [0.1, 0.15) is 0 Å². The monoisotopic (exact) mass is 309 g/mol. The van der Waals surface area contributed by atoms with Crippen molar-refractivity contribution in [2.24, 2.45) is 0 Å². The van der Waals surface area contributed by atoms with Crippen LogP contribution in [0.25, 0.3) is 0 Å². The fourth-order valence-electron chi connectivity index (χ4n) is 3.04. The van der Waals surface area contributed by atoms with Gasteiger partial charge in [-0.25, -0.2) is 0 Å². The first kappa shape index (κ1) is 15.7. The van der Waals surface area contributed by atoms with Crippen molar-refractivity contribution in [1.29, 1.82) is 0 Å². The smallest absolute Gasteiger partial charge is 0.251 e. The van der Waals surface area contributed by atoms with E-state index in [0.29, 0.717) is 12.5 Å². The second-order valence-electron chi connectivity index (χ2n) is 6.03. The van der Waals surface area contributed by atoms with Gasteiger partial charge in [-0.1, -0.05) is 12.1 Å². The van der Waals surface area contributed by atoms with E-state index in [2.05, 4.69) is 21.7 Å². The molecule has 0 saturated carbocycles. The maximum absolute atomic E-state index is 12.3. The average molecular weight is 309 g/mol. The molecule has 2 heterocycles. The minimum atomic E-state index is 0.00433. The van der Waals surface area contributed by atoms with E-state index in [0.717, 1.165) is 25.1 Å². The van der Waals surface area contributed by atoms with Gasteiger partial charge in [0, 0.05) is 31.0 Å². The highest BCUT2D eigenvalue weighted by atomic mass is 16.1. The highest BCUT2D eigenvalue weighted by molar-refractivity contribution is 5.94. The van der Waals surface area contributed by atoms with E-state index in [4.69, 9.17) is 0 Å². The lowest BCUT2D eigenvalue weighted by atomic mass is 9.90. The van der Waals surface area contributed by atoms with Crippen LogP contribution in [0.15, 0.2) is 48.8 Å². The standard InChI is InChI=1S/C19H23N3O/c23-19(22-12-8-15-6-10-20-11-7-15)17-4-1-3-16(13-17)18-5-2-9-21-14-18/h1,3-4,6-7,10-11,13,18,21H,2,5,8-9,12,14H2,(H,22,23). The van der Waals surface area contributed by atoms with Crippen LogP contribution in [-0.2, 0) is 6.42 Å². The molecule has 2 aromatic rings. The number of pyridine rings is 1. The number of carbonyl (C=O) groups is 1. The van der Waals surface area contributed by atoms with E-state index < -0.39 is 0 Å². The van der Waals surface area contributed by atoms with Crippen LogP contribution in [0.2, 0.25) is 0 Å². The van der Waals surface area contributed by atoms with Crippen LogP contribution >= 0.6 is 0 Å². The minimum Gasteiger partial charge on any atom is -0.352 e. The Morgan fingerprint density at radius 1 is 1.26 bits per heavy atom. The van der Waals surface area contributed by atoms with Gasteiger partial charge in [0.05, 0.1) is 0 Å². The predicted molar refractivity (Wildman–Crippen MR) is 91.6 cm³/mol. The van der Waals surface area contributed by atoms with Crippen molar-refractivity contribution in [3.05, 3.63) is 65.5 Å².